The summed E-state index contributed by atoms with van der Waals surface area (Å²) in [5.41, 5.74) is 1.43. The first-order valence-corrected chi connectivity index (χ1v) is 7.51. The fourth-order valence-electron chi connectivity index (χ4n) is 2.77. The number of nitrogens with zero attached hydrogens (tertiary/aromatic N) is 1. The lowest BCUT2D eigenvalue weighted by Crippen LogP contribution is -2.68. The van der Waals surface area contributed by atoms with Crippen LogP contribution in [0.5, 0.6) is 0 Å². The fraction of sp³-hybridized carbons (Fsp3) is 0.529. The molecule has 1 aromatic rings. The van der Waals surface area contributed by atoms with Crippen molar-refractivity contribution in [2.24, 2.45) is 0 Å². The van der Waals surface area contributed by atoms with Gasteiger partial charge in [0.15, 0.2) is 0 Å². The van der Waals surface area contributed by atoms with E-state index < -0.39 is 11.6 Å². The van der Waals surface area contributed by atoms with E-state index in [0.29, 0.717) is 6.42 Å². The van der Waals surface area contributed by atoms with Crippen molar-refractivity contribution in [1.29, 1.82) is 0 Å². The highest BCUT2D eigenvalue weighted by Crippen LogP contribution is 2.30. The molecule has 1 fully saturated rings. The van der Waals surface area contributed by atoms with Crippen LogP contribution in [-0.2, 0) is 9.59 Å². The van der Waals surface area contributed by atoms with Crippen LogP contribution in [0.3, 0.4) is 0 Å². The van der Waals surface area contributed by atoms with Crippen LogP contribution in [0.15, 0.2) is 24.3 Å². The molecule has 0 saturated carbocycles. The Balaban J connectivity index is 2.36. The number of carbonyl (C=O) groups is 2. The quantitative estimate of drug-likeness (QED) is 0.929. The summed E-state index contributed by atoms with van der Waals surface area (Å²) < 4.78 is 0. The topological polar surface area (TPSA) is 49.4 Å². The minimum atomic E-state index is -0.803. The lowest BCUT2D eigenvalue weighted by Gasteiger charge is -2.45. The van der Waals surface area contributed by atoms with Crippen molar-refractivity contribution in [2.75, 3.05) is 0 Å². The first-order valence-electron chi connectivity index (χ1n) is 7.51. The van der Waals surface area contributed by atoms with Gasteiger partial charge in [-0.25, -0.2) is 0 Å². The highest BCUT2D eigenvalue weighted by atomic mass is 16.2. The molecule has 0 spiro atoms. The third-order valence-electron chi connectivity index (χ3n) is 4.59. The maximum atomic E-state index is 12.8. The van der Waals surface area contributed by atoms with E-state index in [-0.39, 0.29) is 17.9 Å². The number of rotatable bonds is 3. The lowest BCUT2D eigenvalue weighted by molar-refractivity contribution is -0.156. The zero-order valence-electron chi connectivity index (χ0n) is 13.4. The number of amides is 2. The molecule has 0 aromatic heterocycles. The second-order valence-corrected chi connectivity index (χ2v) is 6.15. The molecule has 2 amide bonds. The molecule has 1 aromatic carbocycles. The van der Waals surface area contributed by atoms with Gasteiger partial charge in [-0.05, 0) is 39.7 Å². The Morgan fingerprint density at radius 2 is 1.86 bits per heavy atom. The summed E-state index contributed by atoms with van der Waals surface area (Å²) in [5.74, 6) is -0.0944. The van der Waals surface area contributed by atoms with Crippen LogP contribution in [0, 0.1) is 6.92 Å². The zero-order chi connectivity index (χ0) is 15.8. The minimum absolute atomic E-state index is 0.00910. The molecule has 0 bridgehead atoms. The summed E-state index contributed by atoms with van der Waals surface area (Å²) in [6.07, 6.45) is 0.585. The Kier molecular flexibility index (Phi) is 4.08. The van der Waals surface area contributed by atoms with Crippen LogP contribution in [0.1, 0.15) is 51.3 Å². The van der Waals surface area contributed by atoms with Crippen LogP contribution in [0.2, 0.25) is 0 Å². The number of nitrogens with one attached hydrogen (secondary N) is 1. The van der Waals surface area contributed by atoms with Crippen LogP contribution in [0.25, 0.3) is 0 Å². The van der Waals surface area contributed by atoms with Crippen LogP contribution in [0.4, 0.5) is 0 Å². The van der Waals surface area contributed by atoms with Gasteiger partial charge >= 0.3 is 0 Å². The first kappa shape index (κ1) is 15.5. The van der Waals surface area contributed by atoms with Gasteiger partial charge in [-0.15, -0.1) is 0 Å². The van der Waals surface area contributed by atoms with E-state index in [2.05, 4.69) is 5.32 Å². The van der Waals surface area contributed by atoms with Crippen molar-refractivity contribution >= 4 is 11.8 Å². The summed E-state index contributed by atoms with van der Waals surface area (Å²) in [4.78, 5) is 26.8. The van der Waals surface area contributed by atoms with E-state index >= 15 is 0 Å². The third kappa shape index (κ3) is 2.67. The molecule has 0 radical (unpaired) electrons. The van der Waals surface area contributed by atoms with E-state index in [0.717, 1.165) is 5.56 Å². The molecule has 3 atom stereocenters. The van der Waals surface area contributed by atoms with E-state index in [1.165, 1.54) is 5.56 Å². The zero-order valence-corrected chi connectivity index (χ0v) is 13.4. The van der Waals surface area contributed by atoms with E-state index in [9.17, 15) is 9.59 Å². The SMILES string of the molecule is CCC1(C)NC(=O)C(C)N(C(C)c2ccc(C)cc2)C1=O. The highest BCUT2D eigenvalue weighted by molar-refractivity contribution is 5.99. The summed E-state index contributed by atoms with van der Waals surface area (Å²) in [5, 5.41) is 2.86. The van der Waals surface area contributed by atoms with Crippen LogP contribution < -0.4 is 5.32 Å². The molecule has 1 aliphatic rings. The van der Waals surface area contributed by atoms with E-state index in [4.69, 9.17) is 0 Å². The van der Waals surface area contributed by atoms with Gasteiger partial charge in [0.05, 0.1) is 6.04 Å². The standard InChI is InChI=1S/C17H24N2O2/c1-6-17(5)16(21)19(13(4)15(20)18-17)12(3)14-9-7-11(2)8-10-14/h7-10,12-13H,6H2,1-5H3,(H,18,20). The maximum absolute atomic E-state index is 12.8. The van der Waals surface area contributed by atoms with E-state index in [1.54, 1.807) is 18.7 Å². The van der Waals surface area contributed by atoms with Crippen LogP contribution >= 0.6 is 0 Å². The molecule has 3 unspecified atom stereocenters. The van der Waals surface area contributed by atoms with Gasteiger partial charge in [-0.1, -0.05) is 36.8 Å². The summed E-state index contributed by atoms with van der Waals surface area (Å²) in [6, 6.07) is 7.54. The van der Waals surface area contributed by atoms with Crippen molar-refractivity contribution in [3.63, 3.8) is 0 Å². The van der Waals surface area contributed by atoms with Gasteiger partial charge in [0, 0.05) is 0 Å². The largest absolute Gasteiger partial charge is 0.340 e. The van der Waals surface area contributed by atoms with Gasteiger partial charge in [0.2, 0.25) is 11.8 Å². The molecule has 0 aliphatic carbocycles. The van der Waals surface area contributed by atoms with Gasteiger partial charge in [-0.2, -0.15) is 0 Å². The molecule has 114 valence electrons. The van der Waals surface area contributed by atoms with Gasteiger partial charge in [-0.3, -0.25) is 9.59 Å². The molecular formula is C17H24N2O2. The molecule has 21 heavy (non-hydrogen) atoms. The van der Waals surface area contributed by atoms with Gasteiger partial charge in [0.1, 0.15) is 11.6 Å². The molecule has 1 saturated heterocycles. The molecule has 1 aliphatic heterocycles. The predicted molar refractivity (Wildman–Crippen MR) is 82.7 cm³/mol. The summed E-state index contributed by atoms with van der Waals surface area (Å²) in [7, 11) is 0. The van der Waals surface area contributed by atoms with Crippen molar-refractivity contribution in [2.45, 2.75) is 58.7 Å². The Morgan fingerprint density at radius 3 is 2.38 bits per heavy atom. The Morgan fingerprint density at radius 1 is 1.29 bits per heavy atom. The number of aryl methyl sites for hydroxylation is 1. The third-order valence-corrected chi connectivity index (χ3v) is 4.59. The first-order chi connectivity index (χ1) is 9.80. The maximum Gasteiger partial charge on any atom is 0.249 e. The number of hydrogen-bond donors (Lipinski definition) is 1. The Hall–Kier alpha value is -1.84. The molecular weight excluding hydrogens is 264 g/mol. The lowest BCUT2D eigenvalue weighted by atomic mass is 9.90. The van der Waals surface area contributed by atoms with E-state index in [1.807, 2.05) is 45.0 Å². The van der Waals surface area contributed by atoms with Gasteiger partial charge < -0.3 is 10.2 Å². The molecule has 2 rings (SSSR count). The van der Waals surface area contributed by atoms with Crippen molar-refractivity contribution in [3.05, 3.63) is 35.4 Å². The summed E-state index contributed by atoms with van der Waals surface area (Å²) >= 11 is 0. The fourth-order valence-corrected chi connectivity index (χ4v) is 2.77. The second kappa shape index (κ2) is 5.51. The second-order valence-electron chi connectivity index (χ2n) is 6.15. The number of piperazine rings is 1. The average Bonchev–Trinajstić information content (AvgIpc) is 2.46. The molecule has 1 N–H and O–H groups in total. The van der Waals surface area contributed by atoms with Crippen molar-refractivity contribution in [1.82, 2.24) is 10.2 Å². The average molecular weight is 288 g/mol. The number of benzene rings is 1. The Labute approximate surface area is 126 Å². The highest BCUT2D eigenvalue weighted by Gasteiger charge is 2.47. The molecule has 4 heteroatoms. The van der Waals surface area contributed by atoms with Crippen molar-refractivity contribution in [3.8, 4) is 0 Å². The van der Waals surface area contributed by atoms with Crippen LogP contribution in [-0.4, -0.2) is 28.3 Å². The van der Waals surface area contributed by atoms with Crippen molar-refractivity contribution < 1.29 is 9.59 Å². The normalized spacial score (nSPS) is 27.5. The smallest absolute Gasteiger partial charge is 0.249 e. The number of hydrogen-bond acceptors (Lipinski definition) is 2. The van der Waals surface area contributed by atoms with Gasteiger partial charge in [0.25, 0.3) is 0 Å². The Bertz CT molecular complexity index is 552. The molecule has 4 nitrogen and oxygen atoms in total. The monoisotopic (exact) mass is 288 g/mol. The molecule has 1 heterocycles. The number of carbonyl (C=O) groups excluding carboxylic acids is 2. The minimum Gasteiger partial charge on any atom is -0.340 e. The summed E-state index contributed by atoms with van der Waals surface area (Å²) in [6.45, 7) is 9.52. The predicted octanol–water partition coefficient (Wildman–Crippen LogP) is 2.57.